The summed E-state index contributed by atoms with van der Waals surface area (Å²) < 4.78 is 13.3. The molecule has 3 heteroatoms. The van der Waals surface area contributed by atoms with Crippen LogP contribution in [0.2, 0.25) is 0 Å². The molecule has 1 N–H and O–H groups in total. The predicted octanol–water partition coefficient (Wildman–Crippen LogP) is 3.21. The quantitative estimate of drug-likeness (QED) is 0.906. The number of hydrogen-bond acceptors (Lipinski definition) is 2. The molecule has 0 saturated heterocycles. The van der Waals surface area contributed by atoms with Gasteiger partial charge < -0.3 is 10.0 Å². The largest absolute Gasteiger partial charge is 0.384 e. The molecule has 3 rings (SSSR count). The summed E-state index contributed by atoms with van der Waals surface area (Å²) in [6, 6.07) is 10.8. The molecule has 1 aliphatic rings. The van der Waals surface area contributed by atoms with Crippen LogP contribution in [-0.2, 0) is 6.42 Å². The Morgan fingerprint density at radius 1 is 1.15 bits per heavy atom. The van der Waals surface area contributed by atoms with Crippen molar-refractivity contribution in [2.75, 3.05) is 18.5 Å². The first-order chi connectivity index (χ1) is 9.56. The van der Waals surface area contributed by atoms with Gasteiger partial charge in [0, 0.05) is 19.3 Å². The standard InChI is InChI=1S/C17H18FNO/c1-11-9-13(3-5-15(11)18)17(20)14-4-6-16-12(10-14)7-8-19(16)2/h3-6,9-10,17,20H,7-8H2,1-2H3. The minimum atomic E-state index is -0.703. The average molecular weight is 271 g/mol. The molecular weight excluding hydrogens is 253 g/mol. The smallest absolute Gasteiger partial charge is 0.126 e. The van der Waals surface area contributed by atoms with Gasteiger partial charge in [0.05, 0.1) is 0 Å². The lowest BCUT2D eigenvalue weighted by molar-refractivity contribution is 0.220. The van der Waals surface area contributed by atoms with Crippen molar-refractivity contribution in [3.8, 4) is 0 Å². The Kier molecular flexibility index (Phi) is 3.22. The fourth-order valence-electron chi connectivity index (χ4n) is 2.79. The third-order valence-electron chi connectivity index (χ3n) is 4.04. The van der Waals surface area contributed by atoms with Gasteiger partial charge in [0.2, 0.25) is 0 Å². The van der Waals surface area contributed by atoms with Crippen LogP contribution in [0.15, 0.2) is 36.4 Å². The maximum absolute atomic E-state index is 13.3. The lowest BCUT2D eigenvalue weighted by Crippen LogP contribution is -2.12. The third kappa shape index (κ3) is 2.18. The Balaban J connectivity index is 1.94. The highest BCUT2D eigenvalue weighted by atomic mass is 19.1. The first kappa shape index (κ1) is 13.1. The number of anilines is 1. The Morgan fingerprint density at radius 2 is 1.85 bits per heavy atom. The number of likely N-dealkylation sites (N-methyl/N-ethyl adjacent to an activating group) is 1. The molecule has 0 radical (unpaired) electrons. The zero-order valence-electron chi connectivity index (χ0n) is 11.7. The van der Waals surface area contributed by atoms with E-state index in [2.05, 4.69) is 24.1 Å². The van der Waals surface area contributed by atoms with E-state index in [1.165, 1.54) is 17.3 Å². The van der Waals surface area contributed by atoms with Crippen molar-refractivity contribution in [3.63, 3.8) is 0 Å². The Hall–Kier alpha value is -1.87. The number of aliphatic hydroxyl groups excluding tert-OH is 1. The van der Waals surface area contributed by atoms with Crippen LogP contribution in [0.4, 0.5) is 10.1 Å². The highest BCUT2D eigenvalue weighted by Gasteiger charge is 2.18. The van der Waals surface area contributed by atoms with Crippen molar-refractivity contribution in [1.82, 2.24) is 0 Å². The number of halogens is 1. The molecule has 2 nitrogen and oxygen atoms in total. The Labute approximate surface area is 118 Å². The van der Waals surface area contributed by atoms with E-state index < -0.39 is 6.10 Å². The summed E-state index contributed by atoms with van der Waals surface area (Å²) in [6.45, 7) is 2.73. The molecule has 0 aromatic heterocycles. The minimum Gasteiger partial charge on any atom is -0.384 e. The summed E-state index contributed by atoms with van der Waals surface area (Å²) >= 11 is 0. The molecule has 0 bridgehead atoms. The molecule has 1 unspecified atom stereocenters. The van der Waals surface area contributed by atoms with Gasteiger partial charge in [0.15, 0.2) is 0 Å². The summed E-state index contributed by atoms with van der Waals surface area (Å²) in [7, 11) is 2.07. The SMILES string of the molecule is Cc1cc(C(O)c2ccc3c(c2)CCN3C)ccc1F. The van der Waals surface area contributed by atoms with Gasteiger partial charge in [0.1, 0.15) is 11.9 Å². The van der Waals surface area contributed by atoms with Crippen molar-refractivity contribution < 1.29 is 9.50 Å². The van der Waals surface area contributed by atoms with E-state index in [4.69, 9.17) is 0 Å². The van der Waals surface area contributed by atoms with Gasteiger partial charge in [-0.2, -0.15) is 0 Å². The van der Waals surface area contributed by atoms with Gasteiger partial charge in [0.25, 0.3) is 0 Å². The molecule has 0 spiro atoms. The number of nitrogens with zero attached hydrogens (tertiary/aromatic N) is 1. The number of aliphatic hydroxyl groups is 1. The second-order valence-electron chi connectivity index (χ2n) is 5.47. The topological polar surface area (TPSA) is 23.5 Å². The van der Waals surface area contributed by atoms with Crippen LogP contribution in [-0.4, -0.2) is 18.7 Å². The van der Waals surface area contributed by atoms with E-state index in [-0.39, 0.29) is 5.82 Å². The van der Waals surface area contributed by atoms with Crippen LogP contribution < -0.4 is 4.90 Å². The first-order valence-corrected chi connectivity index (χ1v) is 6.84. The van der Waals surface area contributed by atoms with Crippen LogP contribution in [0.5, 0.6) is 0 Å². The number of fused-ring (bicyclic) bond motifs is 1. The monoisotopic (exact) mass is 271 g/mol. The summed E-state index contributed by atoms with van der Waals surface area (Å²) in [5.41, 5.74) is 4.65. The molecular formula is C17H18FNO. The molecule has 0 amide bonds. The Bertz CT molecular complexity index is 653. The first-order valence-electron chi connectivity index (χ1n) is 6.84. The lowest BCUT2D eigenvalue weighted by atomic mass is 9.97. The minimum absolute atomic E-state index is 0.239. The van der Waals surface area contributed by atoms with E-state index in [0.717, 1.165) is 24.1 Å². The van der Waals surface area contributed by atoms with Crippen LogP contribution >= 0.6 is 0 Å². The fourth-order valence-corrected chi connectivity index (χ4v) is 2.79. The number of aryl methyl sites for hydroxylation is 1. The molecule has 104 valence electrons. The highest BCUT2D eigenvalue weighted by molar-refractivity contribution is 5.59. The van der Waals surface area contributed by atoms with Gasteiger partial charge >= 0.3 is 0 Å². The van der Waals surface area contributed by atoms with Crippen molar-refractivity contribution >= 4 is 5.69 Å². The number of rotatable bonds is 2. The summed E-state index contributed by atoms with van der Waals surface area (Å²) in [6.07, 6.45) is 0.306. The van der Waals surface area contributed by atoms with Crippen molar-refractivity contribution in [1.29, 1.82) is 0 Å². The van der Waals surface area contributed by atoms with E-state index in [0.29, 0.717) is 5.56 Å². The molecule has 20 heavy (non-hydrogen) atoms. The van der Waals surface area contributed by atoms with Crippen molar-refractivity contribution in [2.45, 2.75) is 19.4 Å². The Morgan fingerprint density at radius 3 is 2.60 bits per heavy atom. The van der Waals surface area contributed by atoms with Gasteiger partial charge in [-0.3, -0.25) is 0 Å². The number of benzene rings is 2. The van der Waals surface area contributed by atoms with Gasteiger partial charge in [-0.1, -0.05) is 24.3 Å². The number of hydrogen-bond donors (Lipinski definition) is 1. The van der Waals surface area contributed by atoms with Crippen LogP contribution in [0.1, 0.15) is 28.4 Å². The van der Waals surface area contributed by atoms with Gasteiger partial charge in [-0.15, -0.1) is 0 Å². The van der Waals surface area contributed by atoms with Gasteiger partial charge in [-0.05, 0) is 47.7 Å². The summed E-state index contributed by atoms with van der Waals surface area (Å²) in [5, 5.41) is 10.5. The second kappa shape index (κ2) is 4.91. The molecule has 0 fully saturated rings. The van der Waals surface area contributed by atoms with Crippen LogP contribution in [0.3, 0.4) is 0 Å². The van der Waals surface area contributed by atoms with E-state index >= 15 is 0 Å². The molecule has 1 aliphatic heterocycles. The highest BCUT2D eigenvalue weighted by Crippen LogP contribution is 2.31. The summed E-state index contributed by atoms with van der Waals surface area (Å²) in [5.74, 6) is -0.239. The normalized spacial score (nSPS) is 15.3. The molecule has 2 aromatic carbocycles. The summed E-state index contributed by atoms with van der Waals surface area (Å²) in [4.78, 5) is 2.22. The van der Waals surface area contributed by atoms with Gasteiger partial charge in [-0.25, -0.2) is 4.39 Å². The molecule has 0 saturated carbocycles. The molecule has 1 atom stereocenters. The van der Waals surface area contributed by atoms with Crippen molar-refractivity contribution in [2.24, 2.45) is 0 Å². The molecule has 2 aromatic rings. The maximum Gasteiger partial charge on any atom is 0.126 e. The molecule has 1 heterocycles. The third-order valence-corrected chi connectivity index (χ3v) is 4.04. The lowest BCUT2D eigenvalue weighted by Gasteiger charge is -2.15. The van der Waals surface area contributed by atoms with E-state index in [1.54, 1.807) is 19.1 Å². The zero-order valence-corrected chi connectivity index (χ0v) is 11.7. The van der Waals surface area contributed by atoms with Crippen LogP contribution in [0.25, 0.3) is 0 Å². The van der Waals surface area contributed by atoms with E-state index in [1.807, 2.05) is 6.07 Å². The molecule has 0 aliphatic carbocycles. The van der Waals surface area contributed by atoms with Crippen molar-refractivity contribution in [3.05, 3.63) is 64.5 Å². The van der Waals surface area contributed by atoms with E-state index in [9.17, 15) is 9.50 Å². The predicted molar refractivity (Wildman–Crippen MR) is 78.6 cm³/mol. The second-order valence-corrected chi connectivity index (χ2v) is 5.47. The zero-order chi connectivity index (χ0) is 14.3. The maximum atomic E-state index is 13.3. The average Bonchev–Trinajstić information content (AvgIpc) is 2.82. The fraction of sp³-hybridized carbons (Fsp3) is 0.294. The van der Waals surface area contributed by atoms with Crippen LogP contribution in [0, 0.1) is 12.7 Å².